The number of likely N-dealkylation sites (tertiary alicyclic amines) is 1. The first-order chi connectivity index (χ1) is 16.7. The molecule has 3 unspecified atom stereocenters. The van der Waals surface area contributed by atoms with Crippen LogP contribution in [0.15, 0.2) is 24.3 Å². The van der Waals surface area contributed by atoms with E-state index in [4.69, 9.17) is 26.2 Å². The lowest BCUT2D eigenvalue weighted by Gasteiger charge is -2.35. The molecular formula is C26H35ClN2O6. The summed E-state index contributed by atoms with van der Waals surface area (Å²) >= 11 is 5.99. The maximum Gasteiger partial charge on any atom is 0.312 e. The average molecular weight is 507 g/mol. The highest BCUT2D eigenvalue weighted by atomic mass is 35.5. The van der Waals surface area contributed by atoms with Gasteiger partial charge in [0, 0.05) is 23.9 Å². The third-order valence-electron chi connectivity index (χ3n) is 8.02. The summed E-state index contributed by atoms with van der Waals surface area (Å²) in [6, 6.07) is 5.94. The van der Waals surface area contributed by atoms with Crippen molar-refractivity contribution in [1.29, 1.82) is 0 Å². The lowest BCUT2D eigenvalue weighted by atomic mass is 9.62. The molecule has 3 aliphatic heterocycles. The van der Waals surface area contributed by atoms with Crippen LogP contribution in [0.4, 0.5) is 5.69 Å². The van der Waals surface area contributed by atoms with Crippen molar-refractivity contribution in [3.63, 3.8) is 0 Å². The van der Waals surface area contributed by atoms with Gasteiger partial charge in [0.1, 0.15) is 17.6 Å². The van der Waals surface area contributed by atoms with Gasteiger partial charge in [-0.1, -0.05) is 31.4 Å². The summed E-state index contributed by atoms with van der Waals surface area (Å²) in [4.78, 5) is 42.3. The standard InChI is InChI=1S/C26H35ClN2O6/c1-4-34-24(33)20-19-23(32)29(13-7-5-6-8-14-30)21(26(19)15-16(2)25(20,3)35-26)22(31)28-18-11-9-17(27)10-12-18/h9-12,16,19-21,30H,4-8,13-15H2,1-3H3,(H,28,31)/t16?,19-,20+,21?,25-,26?/m0/s1. The predicted molar refractivity (Wildman–Crippen MR) is 131 cm³/mol. The van der Waals surface area contributed by atoms with Gasteiger partial charge in [0.2, 0.25) is 11.8 Å². The lowest BCUT2D eigenvalue weighted by Crippen LogP contribution is -2.54. The zero-order chi connectivity index (χ0) is 25.4. The first-order valence-electron chi connectivity index (χ1n) is 12.5. The maximum absolute atomic E-state index is 13.9. The van der Waals surface area contributed by atoms with Gasteiger partial charge in [-0.3, -0.25) is 14.4 Å². The first-order valence-corrected chi connectivity index (χ1v) is 12.9. The van der Waals surface area contributed by atoms with E-state index in [2.05, 4.69) is 5.32 Å². The van der Waals surface area contributed by atoms with Gasteiger partial charge in [-0.15, -0.1) is 0 Å². The number of fused-ring (bicyclic) bond motifs is 1. The summed E-state index contributed by atoms with van der Waals surface area (Å²) in [7, 11) is 0. The van der Waals surface area contributed by atoms with E-state index in [1.54, 1.807) is 36.1 Å². The Morgan fingerprint density at radius 1 is 1.23 bits per heavy atom. The number of hydrogen-bond donors (Lipinski definition) is 2. The van der Waals surface area contributed by atoms with E-state index in [9.17, 15) is 14.4 Å². The molecule has 2 amide bonds. The molecule has 9 heteroatoms. The summed E-state index contributed by atoms with van der Waals surface area (Å²) in [5.74, 6) is -2.55. The summed E-state index contributed by atoms with van der Waals surface area (Å²) in [6.07, 6.45) is 3.56. The molecule has 2 bridgehead atoms. The van der Waals surface area contributed by atoms with Crippen LogP contribution >= 0.6 is 11.6 Å². The lowest BCUT2D eigenvalue weighted by molar-refractivity contribution is -0.160. The van der Waals surface area contributed by atoms with Crippen molar-refractivity contribution in [2.75, 3.05) is 25.1 Å². The Labute approximate surface area is 211 Å². The number of halogens is 1. The van der Waals surface area contributed by atoms with E-state index in [1.807, 2.05) is 13.8 Å². The number of benzene rings is 1. The SMILES string of the molecule is CCOC(=O)[C@H]1[C@H]2C(=O)N(CCCCCCO)C(C(=O)Nc3ccc(Cl)cc3)C23CC(C)[C@]1(C)O3. The van der Waals surface area contributed by atoms with Crippen LogP contribution in [0.3, 0.4) is 0 Å². The number of carbonyl (C=O) groups is 3. The molecule has 1 aromatic rings. The second kappa shape index (κ2) is 10.1. The Morgan fingerprint density at radius 3 is 2.57 bits per heavy atom. The number of unbranched alkanes of at least 4 members (excludes halogenated alkanes) is 3. The number of amides is 2. The highest BCUT2D eigenvalue weighted by Crippen LogP contribution is 2.65. The fourth-order valence-electron chi connectivity index (χ4n) is 6.36. The Balaban J connectivity index is 1.67. The van der Waals surface area contributed by atoms with Gasteiger partial charge in [-0.05, 0) is 63.3 Å². The van der Waals surface area contributed by atoms with Crippen molar-refractivity contribution in [3.05, 3.63) is 29.3 Å². The van der Waals surface area contributed by atoms with Gasteiger partial charge in [0.15, 0.2) is 0 Å². The molecule has 3 aliphatic rings. The Kier molecular flexibility index (Phi) is 7.46. The van der Waals surface area contributed by atoms with E-state index in [0.29, 0.717) is 36.5 Å². The van der Waals surface area contributed by atoms with E-state index in [0.717, 1.165) is 12.8 Å². The van der Waals surface area contributed by atoms with Gasteiger partial charge in [-0.2, -0.15) is 0 Å². The summed E-state index contributed by atoms with van der Waals surface area (Å²) in [5, 5.41) is 12.6. The van der Waals surface area contributed by atoms with Crippen molar-refractivity contribution in [2.24, 2.45) is 17.8 Å². The molecule has 2 N–H and O–H groups in total. The van der Waals surface area contributed by atoms with Crippen LogP contribution < -0.4 is 5.32 Å². The van der Waals surface area contributed by atoms with Gasteiger partial charge < -0.3 is 24.8 Å². The molecular weight excluding hydrogens is 472 g/mol. The van der Waals surface area contributed by atoms with E-state index in [-0.39, 0.29) is 30.9 Å². The molecule has 0 aliphatic carbocycles. The van der Waals surface area contributed by atoms with Crippen molar-refractivity contribution in [2.45, 2.75) is 70.1 Å². The van der Waals surface area contributed by atoms with Crippen molar-refractivity contribution in [1.82, 2.24) is 4.90 Å². The van der Waals surface area contributed by atoms with Crippen LogP contribution in [0.5, 0.6) is 0 Å². The van der Waals surface area contributed by atoms with Crippen LogP contribution in [0, 0.1) is 17.8 Å². The number of hydrogen-bond acceptors (Lipinski definition) is 6. The minimum atomic E-state index is -1.09. The average Bonchev–Trinajstić information content (AvgIpc) is 3.32. The number of aliphatic hydroxyl groups excluding tert-OH is 1. The number of nitrogens with zero attached hydrogens (tertiary/aromatic N) is 1. The van der Waals surface area contributed by atoms with Crippen LogP contribution in [0.25, 0.3) is 0 Å². The zero-order valence-electron chi connectivity index (χ0n) is 20.6. The van der Waals surface area contributed by atoms with Crippen LogP contribution in [-0.2, 0) is 23.9 Å². The summed E-state index contributed by atoms with van der Waals surface area (Å²) in [6.45, 7) is 6.34. The molecule has 1 spiro atoms. The molecule has 0 aromatic heterocycles. The molecule has 4 rings (SSSR count). The second-order valence-corrected chi connectivity index (χ2v) is 10.6. The first kappa shape index (κ1) is 25.9. The van der Waals surface area contributed by atoms with Crippen LogP contribution in [0.2, 0.25) is 5.02 Å². The number of aliphatic hydroxyl groups is 1. The zero-order valence-corrected chi connectivity index (χ0v) is 21.3. The molecule has 1 aromatic carbocycles. The number of anilines is 1. The Bertz CT molecular complexity index is 971. The normalized spacial score (nSPS) is 33.2. The third-order valence-corrected chi connectivity index (χ3v) is 8.27. The highest BCUT2D eigenvalue weighted by Gasteiger charge is 2.80. The van der Waals surface area contributed by atoms with E-state index in [1.165, 1.54) is 0 Å². The minimum Gasteiger partial charge on any atom is -0.466 e. The fourth-order valence-corrected chi connectivity index (χ4v) is 6.49. The van der Waals surface area contributed by atoms with Crippen LogP contribution in [0.1, 0.15) is 52.9 Å². The molecule has 3 fully saturated rings. The van der Waals surface area contributed by atoms with E-state index >= 15 is 0 Å². The molecule has 8 nitrogen and oxygen atoms in total. The predicted octanol–water partition coefficient (Wildman–Crippen LogP) is 3.41. The van der Waals surface area contributed by atoms with Gasteiger partial charge in [-0.25, -0.2) is 0 Å². The van der Waals surface area contributed by atoms with Crippen LogP contribution in [-0.4, -0.2) is 64.8 Å². The monoisotopic (exact) mass is 506 g/mol. The molecule has 0 radical (unpaired) electrons. The van der Waals surface area contributed by atoms with Crippen molar-refractivity contribution < 1.29 is 29.0 Å². The fraction of sp³-hybridized carbons (Fsp3) is 0.654. The number of carbonyl (C=O) groups excluding carboxylic acids is 3. The molecule has 35 heavy (non-hydrogen) atoms. The molecule has 0 saturated carbocycles. The minimum absolute atomic E-state index is 0.0312. The van der Waals surface area contributed by atoms with Gasteiger partial charge >= 0.3 is 5.97 Å². The topological polar surface area (TPSA) is 105 Å². The molecule has 6 atom stereocenters. The van der Waals surface area contributed by atoms with E-state index < -0.39 is 35.0 Å². The Hall–Kier alpha value is -2.16. The highest BCUT2D eigenvalue weighted by molar-refractivity contribution is 6.30. The Morgan fingerprint density at radius 2 is 1.91 bits per heavy atom. The number of nitrogens with one attached hydrogen (secondary N) is 1. The number of esters is 1. The maximum atomic E-state index is 13.9. The number of rotatable bonds is 10. The molecule has 192 valence electrons. The molecule has 3 heterocycles. The third kappa shape index (κ3) is 4.34. The van der Waals surface area contributed by atoms with Gasteiger partial charge in [0.25, 0.3) is 0 Å². The quantitative estimate of drug-likeness (QED) is 0.372. The summed E-state index contributed by atoms with van der Waals surface area (Å²) < 4.78 is 12.0. The summed E-state index contributed by atoms with van der Waals surface area (Å²) in [5.41, 5.74) is -1.40. The smallest absolute Gasteiger partial charge is 0.312 e. The van der Waals surface area contributed by atoms with Crippen molar-refractivity contribution >= 4 is 35.1 Å². The number of ether oxygens (including phenoxy) is 2. The second-order valence-electron chi connectivity index (χ2n) is 10.1. The van der Waals surface area contributed by atoms with Crippen molar-refractivity contribution in [3.8, 4) is 0 Å². The largest absolute Gasteiger partial charge is 0.466 e. The molecule has 3 saturated heterocycles. The van der Waals surface area contributed by atoms with Gasteiger partial charge in [0.05, 0.1) is 18.1 Å².